The summed E-state index contributed by atoms with van der Waals surface area (Å²) in [5.74, 6) is 0.609. The highest BCUT2D eigenvalue weighted by atomic mass is 19.1. The fourth-order valence-corrected chi connectivity index (χ4v) is 2.09. The highest BCUT2D eigenvalue weighted by Crippen LogP contribution is 2.15. The minimum atomic E-state index is -0.603. The lowest BCUT2D eigenvalue weighted by molar-refractivity contribution is 0.0721. The van der Waals surface area contributed by atoms with Crippen LogP contribution >= 0.6 is 0 Å². The molecule has 124 valence electrons. The molecule has 1 atom stereocenters. The Hall–Kier alpha value is -2.11. The number of aliphatic hydroxyl groups excluding tert-OH is 1. The van der Waals surface area contributed by atoms with Gasteiger partial charge < -0.3 is 19.5 Å². The number of benzene rings is 2. The Balaban J connectivity index is 1.64. The van der Waals surface area contributed by atoms with Crippen molar-refractivity contribution in [1.29, 1.82) is 0 Å². The van der Waals surface area contributed by atoms with Crippen LogP contribution in [0.15, 0.2) is 54.6 Å². The summed E-state index contributed by atoms with van der Waals surface area (Å²) in [5.41, 5.74) is 0. The van der Waals surface area contributed by atoms with Crippen LogP contribution in [-0.2, 0) is 0 Å². The standard InChI is InChI=1S/C18H22FNO3/c1-20(11-12-22-18-10-6-5-9-17(18)19)13-15(21)14-23-16-7-3-2-4-8-16/h2-10,15,21H,11-14H2,1H3. The molecule has 4 nitrogen and oxygen atoms in total. The summed E-state index contributed by atoms with van der Waals surface area (Å²) in [6.45, 7) is 1.61. The van der Waals surface area contributed by atoms with E-state index in [1.807, 2.05) is 42.3 Å². The van der Waals surface area contributed by atoms with Crippen LogP contribution in [0.4, 0.5) is 4.39 Å². The number of nitrogens with zero attached hydrogens (tertiary/aromatic N) is 1. The Kier molecular flexibility index (Phi) is 6.84. The molecule has 0 amide bonds. The molecule has 0 aliphatic rings. The number of hydrogen-bond donors (Lipinski definition) is 1. The fourth-order valence-electron chi connectivity index (χ4n) is 2.09. The van der Waals surface area contributed by atoms with E-state index in [1.54, 1.807) is 18.2 Å². The van der Waals surface area contributed by atoms with Gasteiger partial charge in [0.2, 0.25) is 0 Å². The third kappa shape index (κ3) is 6.26. The maximum absolute atomic E-state index is 13.4. The van der Waals surface area contributed by atoms with Crippen molar-refractivity contribution in [2.45, 2.75) is 6.10 Å². The lowest BCUT2D eigenvalue weighted by Crippen LogP contribution is -2.35. The Bertz CT molecular complexity index is 579. The average molecular weight is 319 g/mol. The lowest BCUT2D eigenvalue weighted by Gasteiger charge is -2.21. The highest BCUT2D eigenvalue weighted by molar-refractivity contribution is 5.23. The van der Waals surface area contributed by atoms with Crippen molar-refractivity contribution in [1.82, 2.24) is 4.90 Å². The van der Waals surface area contributed by atoms with Gasteiger partial charge in [0.05, 0.1) is 0 Å². The maximum atomic E-state index is 13.4. The molecule has 0 aliphatic carbocycles. The average Bonchev–Trinajstić information content (AvgIpc) is 2.56. The van der Waals surface area contributed by atoms with Gasteiger partial charge in [0.25, 0.3) is 0 Å². The van der Waals surface area contributed by atoms with Crippen LogP contribution in [0.5, 0.6) is 11.5 Å². The van der Waals surface area contributed by atoms with Crippen LogP contribution in [0.2, 0.25) is 0 Å². The molecule has 0 bridgehead atoms. The zero-order valence-electron chi connectivity index (χ0n) is 13.2. The molecule has 0 aliphatic heterocycles. The molecular weight excluding hydrogens is 297 g/mol. The van der Waals surface area contributed by atoms with E-state index < -0.39 is 6.10 Å². The third-order valence-corrected chi connectivity index (χ3v) is 3.28. The summed E-state index contributed by atoms with van der Waals surface area (Å²) in [6.07, 6.45) is -0.603. The molecule has 0 spiro atoms. The van der Waals surface area contributed by atoms with Crippen LogP contribution in [0.3, 0.4) is 0 Å². The smallest absolute Gasteiger partial charge is 0.165 e. The summed E-state index contributed by atoms with van der Waals surface area (Å²) in [5, 5.41) is 9.97. The molecule has 23 heavy (non-hydrogen) atoms. The summed E-state index contributed by atoms with van der Waals surface area (Å²) in [4.78, 5) is 1.92. The van der Waals surface area contributed by atoms with Crippen molar-refractivity contribution in [2.75, 3.05) is 33.4 Å². The van der Waals surface area contributed by atoms with Gasteiger partial charge in [-0.2, -0.15) is 0 Å². The Morgan fingerprint density at radius 1 is 1.04 bits per heavy atom. The highest BCUT2D eigenvalue weighted by Gasteiger charge is 2.10. The number of halogens is 1. The number of hydrogen-bond acceptors (Lipinski definition) is 4. The van der Waals surface area contributed by atoms with Crippen LogP contribution in [0.1, 0.15) is 0 Å². The Morgan fingerprint density at radius 3 is 2.48 bits per heavy atom. The molecular formula is C18H22FNO3. The topological polar surface area (TPSA) is 41.9 Å². The summed E-state index contributed by atoms with van der Waals surface area (Å²) >= 11 is 0. The van der Waals surface area contributed by atoms with E-state index in [-0.39, 0.29) is 18.2 Å². The summed E-state index contributed by atoms with van der Waals surface area (Å²) in [7, 11) is 1.87. The first-order valence-electron chi connectivity index (χ1n) is 7.57. The van der Waals surface area contributed by atoms with Gasteiger partial charge in [-0.25, -0.2) is 4.39 Å². The van der Waals surface area contributed by atoms with Gasteiger partial charge in [0.1, 0.15) is 25.1 Å². The second-order valence-electron chi connectivity index (χ2n) is 5.32. The van der Waals surface area contributed by atoms with Crippen molar-refractivity contribution >= 4 is 0 Å². The molecule has 0 saturated carbocycles. The molecule has 1 N–H and O–H groups in total. The normalized spacial score (nSPS) is 12.2. The van der Waals surface area contributed by atoms with Crippen molar-refractivity contribution in [3.63, 3.8) is 0 Å². The SMILES string of the molecule is CN(CCOc1ccccc1F)CC(O)COc1ccccc1. The van der Waals surface area contributed by atoms with Crippen LogP contribution < -0.4 is 9.47 Å². The molecule has 2 aromatic carbocycles. The maximum Gasteiger partial charge on any atom is 0.165 e. The van der Waals surface area contributed by atoms with Crippen LogP contribution in [0.25, 0.3) is 0 Å². The minimum absolute atomic E-state index is 0.225. The molecule has 2 rings (SSSR count). The van der Waals surface area contributed by atoms with Crippen molar-refractivity contribution in [2.24, 2.45) is 0 Å². The van der Waals surface area contributed by atoms with Crippen molar-refractivity contribution in [3.8, 4) is 11.5 Å². The predicted molar refractivity (Wildman–Crippen MR) is 87.3 cm³/mol. The van der Waals surface area contributed by atoms with Crippen molar-refractivity contribution < 1.29 is 19.0 Å². The number of aliphatic hydroxyl groups is 1. The van der Waals surface area contributed by atoms with Crippen LogP contribution in [-0.4, -0.2) is 49.5 Å². The van der Waals surface area contributed by atoms with Gasteiger partial charge in [0, 0.05) is 13.1 Å². The van der Waals surface area contributed by atoms with E-state index >= 15 is 0 Å². The minimum Gasteiger partial charge on any atom is -0.491 e. The van der Waals surface area contributed by atoms with E-state index in [9.17, 15) is 9.50 Å². The lowest BCUT2D eigenvalue weighted by atomic mass is 10.3. The van der Waals surface area contributed by atoms with Gasteiger partial charge in [0.15, 0.2) is 11.6 Å². The quantitative estimate of drug-likeness (QED) is 0.771. The van der Waals surface area contributed by atoms with Gasteiger partial charge in [-0.15, -0.1) is 0 Å². The van der Waals surface area contributed by atoms with E-state index in [2.05, 4.69) is 0 Å². The molecule has 0 heterocycles. The van der Waals surface area contributed by atoms with E-state index in [0.29, 0.717) is 19.7 Å². The predicted octanol–water partition coefficient (Wildman–Crippen LogP) is 2.58. The van der Waals surface area contributed by atoms with Gasteiger partial charge >= 0.3 is 0 Å². The molecule has 0 aromatic heterocycles. The summed E-state index contributed by atoms with van der Waals surface area (Å²) in [6, 6.07) is 15.7. The Labute approximate surface area is 136 Å². The molecule has 1 unspecified atom stereocenters. The van der Waals surface area contributed by atoms with E-state index in [4.69, 9.17) is 9.47 Å². The second-order valence-corrected chi connectivity index (χ2v) is 5.32. The van der Waals surface area contributed by atoms with Crippen molar-refractivity contribution in [3.05, 3.63) is 60.4 Å². The van der Waals surface area contributed by atoms with Gasteiger partial charge in [-0.1, -0.05) is 30.3 Å². The Morgan fingerprint density at radius 2 is 1.74 bits per heavy atom. The molecule has 0 radical (unpaired) electrons. The number of para-hydroxylation sites is 2. The van der Waals surface area contributed by atoms with E-state index in [0.717, 1.165) is 5.75 Å². The largest absolute Gasteiger partial charge is 0.491 e. The second kappa shape index (κ2) is 9.12. The zero-order valence-corrected chi connectivity index (χ0v) is 13.2. The molecule has 2 aromatic rings. The first-order chi connectivity index (χ1) is 11.1. The number of rotatable bonds is 9. The number of likely N-dealkylation sites (N-methyl/N-ethyl adjacent to an activating group) is 1. The first kappa shape index (κ1) is 17.2. The van der Waals surface area contributed by atoms with Gasteiger partial charge in [-0.3, -0.25) is 0 Å². The number of ether oxygens (including phenoxy) is 2. The first-order valence-corrected chi connectivity index (χ1v) is 7.57. The molecule has 5 heteroatoms. The van der Waals surface area contributed by atoms with Crippen LogP contribution in [0, 0.1) is 5.82 Å². The van der Waals surface area contributed by atoms with Gasteiger partial charge in [-0.05, 0) is 31.3 Å². The van der Waals surface area contributed by atoms with E-state index in [1.165, 1.54) is 6.07 Å². The summed E-state index contributed by atoms with van der Waals surface area (Å²) < 4.78 is 24.3. The molecule has 0 fully saturated rings. The fraction of sp³-hybridized carbons (Fsp3) is 0.333. The zero-order chi connectivity index (χ0) is 16.5. The third-order valence-electron chi connectivity index (χ3n) is 3.28. The monoisotopic (exact) mass is 319 g/mol. The molecule has 0 saturated heterocycles.